The van der Waals surface area contributed by atoms with E-state index < -0.39 is 0 Å². The van der Waals surface area contributed by atoms with Gasteiger partial charge in [-0.3, -0.25) is 4.79 Å². The molecular weight excluding hydrogens is 322 g/mol. The molecule has 1 fully saturated rings. The summed E-state index contributed by atoms with van der Waals surface area (Å²) in [6.07, 6.45) is 0.971. The molecule has 1 atom stereocenters. The molecule has 1 N–H and O–H groups in total. The van der Waals surface area contributed by atoms with E-state index >= 15 is 0 Å². The van der Waals surface area contributed by atoms with Gasteiger partial charge in [-0.15, -0.1) is 0 Å². The van der Waals surface area contributed by atoms with Crippen LogP contribution in [0.1, 0.15) is 16.8 Å². The van der Waals surface area contributed by atoms with Crippen molar-refractivity contribution in [1.29, 1.82) is 0 Å². The number of carbonyl (C=O) groups is 1. The molecule has 0 spiro atoms. The minimum Gasteiger partial charge on any atom is -0.457 e. The minimum absolute atomic E-state index is 0.0883. The number of nitrogens with one attached hydrogen (secondary N) is 1. The van der Waals surface area contributed by atoms with E-state index in [2.05, 4.69) is 5.32 Å². The molecule has 126 valence electrons. The summed E-state index contributed by atoms with van der Waals surface area (Å²) >= 11 is 1.86. The largest absolute Gasteiger partial charge is 0.457 e. The number of amides is 1. The molecule has 0 aliphatic carbocycles. The minimum atomic E-state index is -0.226. The average molecular weight is 343 g/mol. The van der Waals surface area contributed by atoms with Crippen molar-refractivity contribution in [2.75, 3.05) is 25.2 Å². The summed E-state index contributed by atoms with van der Waals surface area (Å²) in [4.78, 5) is 12.3. The fourth-order valence-electron chi connectivity index (χ4n) is 2.60. The predicted molar refractivity (Wildman–Crippen MR) is 97.0 cm³/mol. The van der Waals surface area contributed by atoms with E-state index in [1.54, 1.807) is 31.4 Å². The molecule has 4 nitrogen and oxygen atoms in total. The van der Waals surface area contributed by atoms with Crippen LogP contribution < -0.4 is 10.1 Å². The second kappa shape index (κ2) is 7.73. The van der Waals surface area contributed by atoms with Crippen molar-refractivity contribution in [1.82, 2.24) is 5.32 Å². The molecule has 1 aliphatic heterocycles. The van der Waals surface area contributed by atoms with E-state index in [0.717, 1.165) is 23.7 Å². The lowest BCUT2D eigenvalue weighted by molar-refractivity contribution is 0.0137. The Morgan fingerprint density at radius 3 is 2.46 bits per heavy atom. The van der Waals surface area contributed by atoms with Gasteiger partial charge in [0.2, 0.25) is 0 Å². The number of hydrogen-bond donors (Lipinski definition) is 1. The van der Waals surface area contributed by atoms with Gasteiger partial charge in [0.25, 0.3) is 5.91 Å². The number of para-hydroxylation sites is 1. The number of benzene rings is 2. The third kappa shape index (κ3) is 4.10. The van der Waals surface area contributed by atoms with Crippen molar-refractivity contribution in [3.63, 3.8) is 0 Å². The van der Waals surface area contributed by atoms with Crippen LogP contribution in [-0.2, 0) is 4.74 Å². The molecule has 2 aromatic carbocycles. The van der Waals surface area contributed by atoms with Crippen LogP contribution in [0.5, 0.6) is 11.5 Å². The highest BCUT2D eigenvalue weighted by Gasteiger charge is 2.34. The number of hydrogen-bond acceptors (Lipinski definition) is 4. The molecule has 0 bridgehead atoms. The zero-order chi connectivity index (χ0) is 16.8. The normalized spacial score (nSPS) is 19.9. The van der Waals surface area contributed by atoms with Crippen LogP contribution in [0, 0.1) is 0 Å². The number of rotatable bonds is 6. The zero-order valence-corrected chi connectivity index (χ0v) is 14.5. The molecule has 24 heavy (non-hydrogen) atoms. The molecule has 1 heterocycles. The molecule has 1 unspecified atom stereocenters. The van der Waals surface area contributed by atoms with Crippen LogP contribution in [0.4, 0.5) is 0 Å². The van der Waals surface area contributed by atoms with Crippen LogP contribution in [0.3, 0.4) is 0 Å². The van der Waals surface area contributed by atoms with Gasteiger partial charge in [-0.2, -0.15) is 11.8 Å². The quantitative estimate of drug-likeness (QED) is 0.868. The van der Waals surface area contributed by atoms with Crippen LogP contribution >= 0.6 is 11.8 Å². The summed E-state index contributed by atoms with van der Waals surface area (Å²) < 4.78 is 11.3. The Hall–Kier alpha value is -1.98. The lowest BCUT2D eigenvalue weighted by Gasteiger charge is -2.26. The Kier molecular flexibility index (Phi) is 5.43. The summed E-state index contributed by atoms with van der Waals surface area (Å²) in [7, 11) is 1.72. The summed E-state index contributed by atoms with van der Waals surface area (Å²) in [5.41, 5.74) is 0.392. The van der Waals surface area contributed by atoms with Gasteiger partial charge in [0.05, 0.1) is 5.60 Å². The van der Waals surface area contributed by atoms with Crippen molar-refractivity contribution in [2.24, 2.45) is 0 Å². The molecule has 0 aromatic heterocycles. The molecular formula is C19H21NO3S. The summed E-state index contributed by atoms with van der Waals surface area (Å²) in [5.74, 6) is 3.39. The maximum Gasteiger partial charge on any atom is 0.251 e. The van der Waals surface area contributed by atoms with Gasteiger partial charge < -0.3 is 14.8 Å². The molecule has 3 rings (SSSR count). The van der Waals surface area contributed by atoms with Crippen molar-refractivity contribution < 1.29 is 14.3 Å². The second-order valence-corrected chi connectivity index (χ2v) is 6.92. The van der Waals surface area contributed by atoms with Gasteiger partial charge in [0.1, 0.15) is 11.5 Å². The van der Waals surface area contributed by atoms with E-state index in [1.165, 1.54) is 0 Å². The first-order valence-corrected chi connectivity index (χ1v) is 9.10. The number of carbonyl (C=O) groups excluding carboxylic acids is 1. The molecule has 5 heteroatoms. The Morgan fingerprint density at radius 1 is 1.12 bits per heavy atom. The molecule has 0 radical (unpaired) electrons. The van der Waals surface area contributed by atoms with Crippen molar-refractivity contribution in [3.8, 4) is 11.5 Å². The first kappa shape index (κ1) is 16.9. The van der Waals surface area contributed by atoms with E-state index in [-0.39, 0.29) is 11.5 Å². The van der Waals surface area contributed by atoms with Crippen LogP contribution in [0.25, 0.3) is 0 Å². The van der Waals surface area contributed by atoms with Crippen molar-refractivity contribution >= 4 is 17.7 Å². The second-order valence-electron chi connectivity index (χ2n) is 5.81. The third-order valence-electron chi connectivity index (χ3n) is 4.17. The van der Waals surface area contributed by atoms with Gasteiger partial charge in [0, 0.05) is 25.0 Å². The monoisotopic (exact) mass is 343 g/mol. The molecule has 1 aliphatic rings. The lowest BCUT2D eigenvalue weighted by Crippen LogP contribution is -2.44. The van der Waals surface area contributed by atoms with Gasteiger partial charge in [-0.1, -0.05) is 18.2 Å². The smallest absolute Gasteiger partial charge is 0.251 e. The standard InChI is InChI=1S/C19H21NO3S/c1-22-19(11-12-24-14-19)13-20-18(21)15-7-9-17(10-8-15)23-16-5-3-2-4-6-16/h2-10H,11-14H2,1H3,(H,20,21). The molecule has 0 saturated carbocycles. The first-order chi connectivity index (χ1) is 11.7. The summed E-state index contributed by atoms with van der Waals surface area (Å²) in [6.45, 7) is 0.539. The van der Waals surface area contributed by atoms with Crippen molar-refractivity contribution in [2.45, 2.75) is 12.0 Å². The van der Waals surface area contributed by atoms with Crippen molar-refractivity contribution in [3.05, 3.63) is 60.2 Å². The zero-order valence-electron chi connectivity index (χ0n) is 13.7. The van der Waals surface area contributed by atoms with Crippen LogP contribution in [0.15, 0.2) is 54.6 Å². The maximum absolute atomic E-state index is 12.3. The highest BCUT2D eigenvalue weighted by atomic mass is 32.2. The third-order valence-corrected chi connectivity index (χ3v) is 5.39. The summed E-state index contributed by atoms with van der Waals surface area (Å²) in [6, 6.07) is 16.7. The van der Waals surface area contributed by atoms with E-state index in [1.807, 2.05) is 42.1 Å². The Labute approximate surface area is 146 Å². The molecule has 1 amide bonds. The Morgan fingerprint density at radius 2 is 1.83 bits per heavy atom. The van der Waals surface area contributed by atoms with E-state index in [4.69, 9.17) is 9.47 Å². The van der Waals surface area contributed by atoms with E-state index in [9.17, 15) is 4.79 Å². The van der Waals surface area contributed by atoms with Gasteiger partial charge in [-0.25, -0.2) is 0 Å². The summed E-state index contributed by atoms with van der Waals surface area (Å²) in [5, 5.41) is 2.98. The fraction of sp³-hybridized carbons (Fsp3) is 0.316. The highest BCUT2D eigenvalue weighted by Crippen LogP contribution is 2.30. The number of methoxy groups -OCH3 is 1. The SMILES string of the molecule is COC1(CNC(=O)c2ccc(Oc3ccccc3)cc2)CCSC1. The lowest BCUT2D eigenvalue weighted by atomic mass is 10.0. The van der Waals surface area contributed by atoms with Gasteiger partial charge in [-0.05, 0) is 48.6 Å². The van der Waals surface area contributed by atoms with E-state index in [0.29, 0.717) is 17.9 Å². The fourth-order valence-corrected chi connectivity index (χ4v) is 4.00. The van der Waals surface area contributed by atoms with Gasteiger partial charge in [0.15, 0.2) is 0 Å². The Balaban J connectivity index is 1.57. The van der Waals surface area contributed by atoms with Crippen LogP contribution in [0.2, 0.25) is 0 Å². The van der Waals surface area contributed by atoms with Crippen LogP contribution in [-0.4, -0.2) is 36.7 Å². The number of thioether (sulfide) groups is 1. The highest BCUT2D eigenvalue weighted by molar-refractivity contribution is 7.99. The first-order valence-electron chi connectivity index (χ1n) is 7.95. The molecule has 2 aromatic rings. The number of ether oxygens (including phenoxy) is 2. The average Bonchev–Trinajstić information content (AvgIpc) is 3.11. The Bertz CT molecular complexity index is 667. The predicted octanol–water partition coefficient (Wildman–Crippen LogP) is 3.73. The molecule has 1 saturated heterocycles. The maximum atomic E-state index is 12.3. The van der Waals surface area contributed by atoms with Gasteiger partial charge >= 0.3 is 0 Å². The topological polar surface area (TPSA) is 47.6 Å².